The van der Waals surface area contributed by atoms with Crippen molar-refractivity contribution >= 4 is 6.09 Å². The highest BCUT2D eigenvalue weighted by Gasteiger charge is 2.49. The number of nitrogens with zero attached hydrogens (tertiary/aromatic N) is 1. The number of carbonyl (C=O) groups is 1. The fraction of sp³-hybridized carbons (Fsp3) is 0.381. The molecule has 27 heavy (non-hydrogen) atoms. The van der Waals surface area contributed by atoms with Gasteiger partial charge in [0.05, 0.1) is 30.9 Å². The molecule has 2 aliphatic heterocycles. The molecule has 142 valence electrons. The van der Waals surface area contributed by atoms with Crippen LogP contribution in [0.1, 0.15) is 24.0 Å². The molecule has 2 heterocycles. The predicted octanol–water partition coefficient (Wildman–Crippen LogP) is 3.21. The molecule has 2 atom stereocenters. The second kappa shape index (κ2) is 7.29. The number of carbonyl (C=O) groups excluding carboxylic acids is 1. The Balaban J connectivity index is 1.48. The van der Waals surface area contributed by atoms with E-state index in [2.05, 4.69) is 0 Å². The first-order chi connectivity index (χ1) is 13.0. The molecule has 1 N–H and O–H groups in total. The monoisotopic (exact) mass is 371 g/mol. The Morgan fingerprint density at radius 1 is 1.11 bits per heavy atom. The van der Waals surface area contributed by atoms with Gasteiger partial charge < -0.3 is 14.6 Å². The normalized spacial score (nSPS) is 27.3. The van der Waals surface area contributed by atoms with E-state index in [1.54, 1.807) is 17.0 Å². The molecule has 1 amide bonds. The van der Waals surface area contributed by atoms with Crippen molar-refractivity contribution in [2.45, 2.75) is 37.1 Å². The van der Waals surface area contributed by atoms with Crippen molar-refractivity contribution in [2.75, 3.05) is 13.2 Å². The first kappa shape index (κ1) is 17.9. The molecule has 0 spiro atoms. The lowest BCUT2D eigenvalue weighted by atomic mass is 9.77. The first-order valence-corrected chi connectivity index (χ1v) is 9.10. The van der Waals surface area contributed by atoms with Gasteiger partial charge in [0, 0.05) is 12.8 Å². The van der Waals surface area contributed by atoms with Crippen molar-refractivity contribution in [1.82, 2.24) is 4.90 Å². The van der Waals surface area contributed by atoms with Crippen molar-refractivity contribution < 1.29 is 23.8 Å². The van der Waals surface area contributed by atoms with Gasteiger partial charge in [0.15, 0.2) is 0 Å². The summed E-state index contributed by atoms with van der Waals surface area (Å²) in [5.74, 6) is -0.340. The van der Waals surface area contributed by atoms with E-state index in [0.29, 0.717) is 31.6 Å². The highest BCUT2D eigenvalue weighted by Crippen LogP contribution is 2.41. The molecule has 0 saturated carbocycles. The van der Waals surface area contributed by atoms with Crippen LogP contribution in [0.15, 0.2) is 54.6 Å². The van der Waals surface area contributed by atoms with Gasteiger partial charge in [-0.3, -0.25) is 4.90 Å². The van der Waals surface area contributed by atoms with Crippen LogP contribution in [-0.4, -0.2) is 41.4 Å². The second-order valence-corrected chi connectivity index (χ2v) is 7.24. The van der Waals surface area contributed by atoms with Gasteiger partial charge in [-0.15, -0.1) is 0 Å². The number of fused-ring (bicyclic) bond motifs is 2. The molecular formula is C21H22FNO4. The highest BCUT2D eigenvalue weighted by atomic mass is 19.1. The molecule has 0 aromatic heterocycles. The zero-order valence-electron chi connectivity index (χ0n) is 14.9. The number of amides is 1. The predicted molar refractivity (Wildman–Crippen MR) is 96.4 cm³/mol. The minimum absolute atomic E-state index is 0.207. The minimum atomic E-state index is -1.11. The second-order valence-electron chi connectivity index (χ2n) is 7.24. The molecule has 4 rings (SSSR count). The van der Waals surface area contributed by atoms with E-state index >= 15 is 0 Å². The Bertz CT molecular complexity index is 782. The van der Waals surface area contributed by atoms with Crippen molar-refractivity contribution in [3.05, 3.63) is 71.5 Å². The number of hydrogen-bond acceptors (Lipinski definition) is 4. The molecule has 6 heteroatoms. The Hall–Kier alpha value is -2.44. The lowest BCUT2D eigenvalue weighted by molar-refractivity contribution is -0.136. The molecule has 2 aliphatic rings. The summed E-state index contributed by atoms with van der Waals surface area (Å²) in [6, 6.07) is 14.9. The summed E-state index contributed by atoms with van der Waals surface area (Å²) < 4.78 is 24.3. The number of halogens is 1. The number of ether oxygens (including phenoxy) is 2. The third-order valence-corrected chi connectivity index (χ3v) is 5.35. The van der Waals surface area contributed by atoms with E-state index < -0.39 is 11.7 Å². The molecule has 0 aliphatic carbocycles. The van der Waals surface area contributed by atoms with Crippen LogP contribution in [0, 0.1) is 5.82 Å². The maximum Gasteiger partial charge on any atom is 0.410 e. The standard InChI is InChI=1S/C21H22FNO4/c22-17-8-6-16(7-9-17)21(25)10-18-13-26-14-19(11-21)23(18)20(24)27-12-15-4-2-1-3-5-15/h1-9,18-19,25H,10-14H2. The molecule has 2 saturated heterocycles. The molecule has 2 aromatic carbocycles. The number of benzene rings is 2. The van der Waals surface area contributed by atoms with E-state index in [4.69, 9.17) is 9.47 Å². The van der Waals surface area contributed by atoms with Gasteiger partial charge in [0.2, 0.25) is 0 Å². The number of piperidine rings is 1. The van der Waals surface area contributed by atoms with Crippen LogP contribution < -0.4 is 0 Å². The zero-order chi connectivity index (χ0) is 18.9. The van der Waals surface area contributed by atoms with Gasteiger partial charge in [0.25, 0.3) is 0 Å². The summed E-state index contributed by atoms with van der Waals surface area (Å²) in [5.41, 5.74) is 0.480. The van der Waals surface area contributed by atoms with Crippen LogP contribution in [0.2, 0.25) is 0 Å². The fourth-order valence-corrected chi connectivity index (χ4v) is 4.06. The Kier molecular flexibility index (Phi) is 4.85. The van der Waals surface area contributed by atoms with Crippen molar-refractivity contribution in [3.8, 4) is 0 Å². The SMILES string of the molecule is O=C(OCc1ccccc1)N1C2COCC1CC(O)(c1ccc(F)cc1)C2. The molecule has 2 unspecified atom stereocenters. The van der Waals surface area contributed by atoms with E-state index in [1.807, 2.05) is 30.3 Å². The van der Waals surface area contributed by atoms with Crippen LogP contribution >= 0.6 is 0 Å². The van der Waals surface area contributed by atoms with E-state index in [-0.39, 0.29) is 24.5 Å². The quantitative estimate of drug-likeness (QED) is 0.900. The Labute approximate surface area is 157 Å². The van der Waals surface area contributed by atoms with Crippen molar-refractivity contribution in [1.29, 1.82) is 0 Å². The van der Waals surface area contributed by atoms with Crippen LogP contribution in [0.4, 0.5) is 9.18 Å². The third-order valence-electron chi connectivity index (χ3n) is 5.35. The first-order valence-electron chi connectivity index (χ1n) is 9.10. The maximum absolute atomic E-state index is 13.2. The van der Waals surface area contributed by atoms with Gasteiger partial charge in [-0.25, -0.2) is 9.18 Å². The molecular weight excluding hydrogens is 349 g/mol. The maximum atomic E-state index is 13.2. The van der Waals surface area contributed by atoms with Crippen LogP contribution in [0.25, 0.3) is 0 Å². The topological polar surface area (TPSA) is 59.0 Å². The number of aliphatic hydroxyl groups is 1. The number of morpholine rings is 1. The summed E-state index contributed by atoms with van der Waals surface area (Å²) in [6.07, 6.45) is 0.267. The van der Waals surface area contributed by atoms with Gasteiger partial charge in [0.1, 0.15) is 12.4 Å². The fourth-order valence-electron chi connectivity index (χ4n) is 4.06. The van der Waals surface area contributed by atoms with E-state index in [0.717, 1.165) is 5.56 Å². The minimum Gasteiger partial charge on any atom is -0.445 e. The van der Waals surface area contributed by atoms with Crippen LogP contribution in [0.3, 0.4) is 0 Å². The molecule has 2 aromatic rings. The Morgan fingerprint density at radius 2 is 1.74 bits per heavy atom. The van der Waals surface area contributed by atoms with Crippen LogP contribution in [0.5, 0.6) is 0 Å². The summed E-state index contributed by atoms with van der Waals surface area (Å²) in [5, 5.41) is 11.2. The van der Waals surface area contributed by atoms with Gasteiger partial charge in [-0.2, -0.15) is 0 Å². The summed E-state index contributed by atoms with van der Waals surface area (Å²) in [6.45, 7) is 0.902. The highest BCUT2D eigenvalue weighted by molar-refractivity contribution is 5.69. The molecule has 5 nitrogen and oxygen atoms in total. The van der Waals surface area contributed by atoms with Gasteiger partial charge >= 0.3 is 6.09 Å². The third kappa shape index (κ3) is 3.68. The summed E-state index contributed by atoms with van der Waals surface area (Å²) in [7, 11) is 0. The average molecular weight is 371 g/mol. The molecule has 2 fully saturated rings. The van der Waals surface area contributed by atoms with E-state index in [9.17, 15) is 14.3 Å². The van der Waals surface area contributed by atoms with Crippen molar-refractivity contribution in [2.24, 2.45) is 0 Å². The van der Waals surface area contributed by atoms with E-state index in [1.165, 1.54) is 12.1 Å². The molecule has 0 radical (unpaired) electrons. The van der Waals surface area contributed by atoms with Crippen molar-refractivity contribution in [3.63, 3.8) is 0 Å². The average Bonchev–Trinajstić information content (AvgIpc) is 2.67. The van der Waals surface area contributed by atoms with Gasteiger partial charge in [-0.05, 0) is 23.3 Å². The molecule has 2 bridgehead atoms. The smallest absolute Gasteiger partial charge is 0.410 e. The zero-order valence-corrected chi connectivity index (χ0v) is 14.9. The summed E-state index contributed by atoms with van der Waals surface area (Å²) in [4.78, 5) is 14.4. The lowest BCUT2D eigenvalue weighted by Gasteiger charge is -2.51. The largest absolute Gasteiger partial charge is 0.445 e. The Morgan fingerprint density at radius 3 is 2.37 bits per heavy atom. The van der Waals surface area contributed by atoms with Gasteiger partial charge in [-0.1, -0.05) is 42.5 Å². The van der Waals surface area contributed by atoms with Crippen LogP contribution in [-0.2, 0) is 21.7 Å². The number of rotatable bonds is 3. The number of hydrogen-bond donors (Lipinski definition) is 1. The summed E-state index contributed by atoms with van der Waals surface area (Å²) >= 11 is 0. The lowest BCUT2D eigenvalue weighted by Crippen LogP contribution is -2.62.